The van der Waals surface area contributed by atoms with Gasteiger partial charge in [0, 0.05) is 31.6 Å². The lowest BCUT2D eigenvalue weighted by atomic mass is 10.1. The molecule has 2 aromatic carbocycles. The van der Waals surface area contributed by atoms with E-state index in [1.54, 1.807) is 7.11 Å². The first-order valence-corrected chi connectivity index (χ1v) is 11.0. The third-order valence-electron chi connectivity index (χ3n) is 5.98. The molecule has 1 fully saturated rings. The summed E-state index contributed by atoms with van der Waals surface area (Å²) in [5, 5.41) is 0. The second-order valence-electron chi connectivity index (χ2n) is 8.04. The van der Waals surface area contributed by atoms with Crippen LogP contribution in [0.4, 0.5) is 5.95 Å². The zero-order chi connectivity index (χ0) is 21.9. The van der Waals surface area contributed by atoms with Crippen LogP contribution in [-0.2, 0) is 13.0 Å². The van der Waals surface area contributed by atoms with Crippen molar-refractivity contribution in [3.05, 3.63) is 71.4 Å². The van der Waals surface area contributed by atoms with Crippen molar-refractivity contribution in [2.45, 2.75) is 25.8 Å². The lowest BCUT2D eigenvalue weighted by Gasteiger charge is -2.30. The summed E-state index contributed by atoms with van der Waals surface area (Å²) in [6.07, 6.45) is 2.95. The van der Waals surface area contributed by atoms with Crippen molar-refractivity contribution in [3.63, 3.8) is 0 Å². The highest BCUT2D eigenvalue weighted by Crippen LogP contribution is 2.36. The maximum Gasteiger partial charge on any atom is 0.254 e. The Morgan fingerprint density at radius 3 is 2.38 bits per heavy atom. The maximum atomic E-state index is 13.1. The zero-order valence-electron chi connectivity index (χ0n) is 18.2. The number of nitrogens with zero attached hydrogens (tertiary/aromatic N) is 4. The molecule has 1 amide bonds. The van der Waals surface area contributed by atoms with E-state index >= 15 is 0 Å². The van der Waals surface area contributed by atoms with Gasteiger partial charge in [-0.15, -0.1) is 0 Å². The first kappa shape index (κ1) is 20.3. The number of aromatic nitrogens is 2. The third kappa shape index (κ3) is 3.98. The Balaban J connectivity index is 1.51. The quantitative estimate of drug-likeness (QED) is 0.608. The zero-order valence-corrected chi connectivity index (χ0v) is 18.2. The number of carbonyl (C=O) groups excluding carboxylic acids is 1. The Bertz CT molecular complexity index is 1110. The highest BCUT2D eigenvalue weighted by molar-refractivity contribution is 5.94. The van der Waals surface area contributed by atoms with Crippen molar-refractivity contribution in [1.29, 1.82) is 0 Å². The number of hydrogen-bond donors (Lipinski definition) is 0. The summed E-state index contributed by atoms with van der Waals surface area (Å²) in [6.45, 7) is 2.93. The fourth-order valence-corrected chi connectivity index (χ4v) is 4.26. The summed E-state index contributed by atoms with van der Waals surface area (Å²) in [5.74, 6) is 2.43. The standard InChI is InChI=1S/C25H26N4O3/c1-31-21-11-5-6-12-22(21)32-23-19-17-29(24(30)18-9-3-2-4-10-18)16-13-20(19)26-25(27-23)28-14-7-8-15-28/h2-6,9-12H,7-8,13-17H2,1H3. The fourth-order valence-electron chi connectivity index (χ4n) is 4.26. The van der Waals surface area contributed by atoms with Crippen molar-refractivity contribution in [2.24, 2.45) is 0 Å². The molecular weight excluding hydrogens is 404 g/mol. The Morgan fingerprint density at radius 1 is 0.906 bits per heavy atom. The van der Waals surface area contributed by atoms with Crippen LogP contribution >= 0.6 is 0 Å². The second-order valence-corrected chi connectivity index (χ2v) is 8.04. The molecule has 1 saturated heterocycles. The molecule has 7 nitrogen and oxygen atoms in total. The van der Waals surface area contributed by atoms with Gasteiger partial charge in [-0.1, -0.05) is 30.3 Å². The number of amides is 1. The molecule has 2 aliphatic heterocycles. The van der Waals surface area contributed by atoms with Gasteiger partial charge in [-0.3, -0.25) is 4.79 Å². The summed E-state index contributed by atoms with van der Waals surface area (Å²) in [4.78, 5) is 26.8. The van der Waals surface area contributed by atoms with Crippen molar-refractivity contribution in [1.82, 2.24) is 14.9 Å². The number of methoxy groups -OCH3 is 1. The molecule has 0 spiro atoms. The van der Waals surface area contributed by atoms with Crippen LogP contribution < -0.4 is 14.4 Å². The number of fused-ring (bicyclic) bond motifs is 1. The van der Waals surface area contributed by atoms with Crippen molar-refractivity contribution in [3.8, 4) is 17.4 Å². The second kappa shape index (κ2) is 8.86. The normalized spacial score (nSPS) is 15.4. The first-order valence-electron chi connectivity index (χ1n) is 11.0. The van der Waals surface area contributed by atoms with Gasteiger partial charge in [0.15, 0.2) is 11.5 Å². The SMILES string of the molecule is COc1ccccc1Oc1nc(N2CCCC2)nc2c1CN(C(=O)c1ccccc1)CC2. The molecule has 2 aliphatic rings. The number of ether oxygens (including phenoxy) is 2. The molecule has 32 heavy (non-hydrogen) atoms. The van der Waals surface area contributed by atoms with E-state index in [0.717, 1.165) is 37.2 Å². The molecule has 0 atom stereocenters. The highest BCUT2D eigenvalue weighted by Gasteiger charge is 2.29. The van der Waals surface area contributed by atoms with E-state index in [9.17, 15) is 4.79 Å². The van der Waals surface area contributed by atoms with Gasteiger partial charge in [-0.05, 0) is 37.1 Å². The predicted molar refractivity (Wildman–Crippen MR) is 121 cm³/mol. The largest absolute Gasteiger partial charge is 0.493 e. The van der Waals surface area contributed by atoms with E-state index in [4.69, 9.17) is 19.4 Å². The van der Waals surface area contributed by atoms with Crippen LogP contribution in [0, 0.1) is 0 Å². The summed E-state index contributed by atoms with van der Waals surface area (Å²) < 4.78 is 11.8. The van der Waals surface area contributed by atoms with E-state index < -0.39 is 0 Å². The lowest BCUT2D eigenvalue weighted by Crippen LogP contribution is -2.37. The minimum atomic E-state index is 0.00288. The summed E-state index contributed by atoms with van der Waals surface area (Å²) >= 11 is 0. The van der Waals surface area contributed by atoms with Gasteiger partial charge < -0.3 is 19.3 Å². The van der Waals surface area contributed by atoms with Gasteiger partial charge in [0.05, 0.1) is 24.9 Å². The molecule has 0 N–H and O–H groups in total. The predicted octanol–water partition coefficient (Wildman–Crippen LogP) is 4.08. The first-order chi connectivity index (χ1) is 15.7. The monoisotopic (exact) mass is 430 g/mol. The van der Waals surface area contributed by atoms with Crippen LogP contribution in [0.15, 0.2) is 54.6 Å². The van der Waals surface area contributed by atoms with Crippen LogP contribution in [0.2, 0.25) is 0 Å². The minimum Gasteiger partial charge on any atom is -0.493 e. The molecule has 3 aromatic rings. The Labute approximate surface area is 187 Å². The van der Waals surface area contributed by atoms with Crippen LogP contribution in [0.25, 0.3) is 0 Å². The highest BCUT2D eigenvalue weighted by atomic mass is 16.5. The molecule has 3 heterocycles. The van der Waals surface area contributed by atoms with Crippen molar-refractivity contribution < 1.29 is 14.3 Å². The lowest BCUT2D eigenvalue weighted by molar-refractivity contribution is 0.0732. The molecule has 5 rings (SSSR count). The number of carbonyl (C=O) groups is 1. The van der Waals surface area contributed by atoms with Gasteiger partial charge in [-0.25, -0.2) is 4.98 Å². The van der Waals surface area contributed by atoms with E-state index in [2.05, 4.69) is 4.90 Å². The van der Waals surface area contributed by atoms with E-state index in [1.807, 2.05) is 59.5 Å². The van der Waals surface area contributed by atoms with Gasteiger partial charge in [-0.2, -0.15) is 4.98 Å². The number of hydrogen-bond acceptors (Lipinski definition) is 6. The van der Waals surface area contributed by atoms with Crippen molar-refractivity contribution in [2.75, 3.05) is 31.6 Å². The average Bonchev–Trinajstić information content (AvgIpc) is 3.39. The molecule has 1 aromatic heterocycles. The minimum absolute atomic E-state index is 0.00288. The summed E-state index contributed by atoms with van der Waals surface area (Å²) in [7, 11) is 1.62. The fraction of sp³-hybridized carbons (Fsp3) is 0.320. The number of anilines is 1. The van der Waals surface area contributed by atoms with Crippen molar-refractivity contribution >= 4 is 11.9 Å². The molecule has 0 saturated carbocycles. The topological polar surface area (TPSA) is 67.8 Å². The number of benzene rings is 2. The van der Waals surface area contributed by atoms with Gasteiger partial charge >= 0.3 is 0 Å². The Kier molecular flexibility index (Phi) is 5.62. The maximum absolute atomic E-state index is 13.1. The summed E-state index contributed by atoms with van der Waals surface area (Å²) in [5.41, 5.74) is 2.48. The summed E-state index contributed by atoms with van der Waals surface area (Å²) in [6, 6.07) is 16.9. The van der Waals surface area contributed by atoms with Crippen LogP contribution in [-0.4, -0.2) is 47.5 Å². The number of para-hydroxylation sites is 2. The van der Waals surface area contributed by atoms with E-state index in [0.29, 0.717) is 48.4 Å². The van der Waals surface area contributed by atoms with Gasteiger partial charge in [0.25, 0.3) is 5.91 Å². The molecule has 0 bridgehead atoms. The van der Waals surface area contributed by atoms with Gasteiger partial charge in [0.2, 0.25) is 11.8 Å². The van der Waals surface area contributed by atoms with Crippen LogP contribution in [0.3, 0.4) is 0 Å². The molecule has 0 unspecified atom stereocenters. The van der Waals surface area contributed by atoms with E-state index in [1.165, 1.54) is 0 Å². The molecular formula is C25H26N4O3. The van der Waals surface area contributed by atoms with Crippen LogP contribution in [0.5, 0.6) is 17.4 Å². The van der Waals surface area contributed by atoms with E-state index in [-0.39, 0.29) is 5.91 Å². The van der Waals surface area contributed by atoms with Crippen LogP contribution in [0.1, 0.15) is 34.5 Å². The smallest absolute Gasteiger partial charge is 0.254 e. The Hall–Kier alpha value is -3.61. The molecule has 0 radical (unpaired) electrons. The molecule has 0 aliphatic carbocycles. The Morgan fingerprint density at radius 2 is 1.62 bits per heavy atom. The molecule has 164 valence electrons. The van der Waals surface area contributed by atoms with Gasteiger partial charge in [0.1, 0.15) is 0 Å². The number of rotatable bonds is 5. The molecule has 7 heteroatoms. The third-order valence-corrected chi connectivity index (χ3v) is 5.98. The average molecular weight is 431 g/mol.